The summed E-state index contributed by atoms with van der Waals surface area (Å²) in [5.41, 5.74) is 5.79. The number of anilines is 1. The highest BCUT2D eigenvalue weighted by atomic mass is 16.5. The molecule has 94 valence electrons. The van der Waals surface area contributed by atoms with Crippen LogP contribution in [0.1, 0.15) is 13.8 Å². The van der Waals surface area contributed by atoms with Crippen molar-refractivity contribution in [2.45, 2.75) is 13.8 Å². The quantitative estimate of drug-likeness (QED) is 0.752. The van der Waals surface area contributed by atoms with E-state index >= 15 is 0 Å². The number of nitrogens with one attached hydrogen (secondary N) is 1. The summed E-state index contributed by atoms with van der Waals surface area (Å²) in [6.45, 7) is 5.01. The molecule has 0 bridgehead atoms. The van der Waals surface area contributed by atoms with E-state index in [0.29, 0.717) is 24.7 Å². The summed E-state index contributed by atoms with van der Waals surface area (Å²) in [7, 11) is 0. The van der Waals surface area contributed by atoms with Crippen LogP contribution in [0.3, 0.4) is 0 Å². The van der Waals surface area contributed by atoms with Crippen LogP contribution in [-0.2, 0) is 4.79 Å². The van der Waals surface area contributed by atoms with E-state index in [1.165, 1.54) is 0 Å². The Balaban J connectivity index is 2.85. The lowest BCUT2D eigenvalue weighted by molar-refractivity contribution is -0.116. The fourth-order valence-corrected chi connectivity index (χ4v) is 1.37. The number of carbonyl (C=O) groups is 1. The number of benzene rings is 1. The highest BCUT2D eigenvalue weighted by Crippen LogP contribution is 2.29. The predicted molar refractivity (Wildman–Crippen MR) is 66.5 cm³/mol. The summed E-state index contributed by atoms with van der Waals surface area (Å²) < 4.78 is 10.8. The van der Waals surface area contributed by atoms with Crippen LogP contribution in [0, 0.1) is 0 Å². The average Bonchev–Trinajstić information content (AvgIpc) is 2.29. The van der Waals surface area contributed by atoms with Crippen molar-refractivity contribution >= 4 is 11.6 Å². The van der Waals surface area contributed by atoms with Crippen molar-refractivity contribution in [3.63, 3.8) is 0 Å². The molecule has 3 N–H and O–H groups in total. The SMILES string of the molecule is CCOc1ccc(OCC)c(NCC(N)=O)c1. The Morgan fingerprint density at radius 1 is 1.29 bits per heavy atom. The van der Waals surface area contributed by atoms with E-state index in [-0.39, 0.29) is 6.54 Å². The standard InChI is InChI=1S/C12H18N2O3/c1-3-16-9-5-6-11(17-4-2)10(7-9)14-8-12(13)15/h5-7,14H,3-4,8H2,1-2H3,(H2,13,15). The second kappa shape index (κ2) is 6.62. The Hall–Kier alpha value is -1.91. The molecule has 5 heteroatoms. The van der Waals surface area contributed by atoms with Gasteiger partial charge < -0.3 is 20.5 Å². The third-order valence-corrected chi connectivity index (χ3v) is 2.01. The van der Waals surface area contributed by atoms with Gasteiger partial charge in [-0.3, -0.25) is 4.79 Å². The second-order valence-electron chi connectivity index (χ2n) is 3.34. The molecular weight excluding hydrogens is 220 g/mol. The van der Waals surface area contributed by atoms with Gasteiger partial charge >= 0.3 is 0 Å². The smallest absolute Gasteiger partial charge is 0.236 e. The molecule has 5 nitrogen and oxygen atoms in total. The van der Waals surface area contributed by atoms with E-state index in [0.717, 1.165) is 5.75 Å². The molecule has 17 heavy (non-hydrogen) atoms. The van der Waals surface area contributed by atoms with Crippen molar-refractivity contribution < 1.29 is 14.3 Å². The van der Waals surface area contributed by atoms with Gasteiger partial charge in [0.05, 0.1) is 25.4 Å². The van der Waals surface area contributed by atoms with Gasteiger partial charge in [-0.25, -0.2) is 0 Å². The molecule has 0 saturated carbocycles. The maximum Gasteiger partial charge on any atom is 0.236 e. The van der Waals surface area contributed by atoms with Crippen molar-refractivity contribution in [2.24, 2.45) is 5.73 Å². The monoisotopic (exact) mass is 238 g/mol. The molecule has 0 unspecified atom stereocenters. The van der Waals surface area contributed by atoms with Crippen LogP contribution in [0.4, 0.5) is 5.69 Å². The fraction of sp³-hybridized carbons (Fsp3) is 0.417. The molecule has 0 heterocycles. The topological polar surface area (TPSA) is 73.6 Å². The summed E-state index contributed by atoms with van der Waals surface area (Å²) in [6.07, 6.45) is 0. The molecule has 0 radical (unpaired) electrons. The van der Waals surface area contributed by atoms with E-state index in [1.54, 1.807) is 12.1 Å². The molecule has 0 saturated heterocycles. The third kappa shape index (κ3) is 4.22. The van der Waals surface area contributed by atoms with E-state index < -0.39 is 5.91 Å². The minimum Gasteiger partial charge on any atom is -0.494 e. The summed E-state index contributed by atoms with van der Waals surface area (Å²) in [5, 5.41) is 2.92. The molecule has 1 rings (SSSR count). The van der Waals surface area contributed by atoms with Crippen molar-refractivity contribution in [2.75, 3.05) is 25.1 Å². The van der Waals surface area contributed by atoms with Crippen molar-refractivity contribution in [1.82, 2.24) is 0 Å². The Labute approximate surface area is 101 Å². The van der Waals surface area contributed by atoms with Gasteiger partial charge in [-0.1, -0.05) is 0 Å². The lowest BCUT2D eigenvalue weighted by atomic mass is 10.2. The van der Waals surface area contributed by atoms with Gasteiger partial charge in [0.2, 0.25) is 5.91 Å². The number of nitrogens with two attached hydrogens (primary N) is 1. The largest absolute Gasteiger partial charge is 0.494 e. The third-order valence-electron chi connectivity index (χ3n) is 2.01. The van der Waals surface area contributed by atoms with Crippen molar-refractivity contribution in [3.05, 3.63) is 18.2 Å². The minimum absolute atomic E-state index is 0.0651. The van der Waals surface area contributed by atoms with Gasteiger partial charge in [-0.2, -0.15) is 0 Å². The number of hydrogen-bond acceptors (Lipinski definition) is 4. The fourth-order valence-electron chi connectivity index (χ4n) is 1.37. The predicted octanol–water partition coefficient (Wildman–Crippen LogP) is 1.38. The van der Waals surface area contributed by atoms with Crippen LogP contribution in [0.25, 0.3) is 0 Å². The number of amides is 1. The molecule has 0 aromatic heterocycles. The van der Waals surface area contributed by atoms with E-state index in [9.17, 15) is 4.79 Å². The second-order valence-corrected chi connectivity index (χ2v) is 3.34. The first-order valence-electron chi connectivity index (χ1n) is 5.59. The molecule has 0 aliphatic heterocycles. The van der Waals surface area contributed by atoms with Gasteiger partial charge in [-0.05, 0) is 26.0 Å². The Morgan fingerprint density at radius 3 is 2.59 bits per heavy atom. The molecule has 0 fully saturated rings. The van der Waals surface area contributed by atoms with Crippen molar-refractivity contribution in [1.29, 1.82) is 0 Å². The van der Waals surface area contributed by atoms with Crippen molar-refractivity contribution in [3.8, 4) is 11.5 Å². The summed E-state index contributed by atoms with van der Waals surface area (Å²) in [4.78, 5) is 10.7. The number of rotatable bonds is 7. The van der Waals surface area contributed by atoms with Crippen LogP contribution in [0.15, 0.2) is 18.2 Å². The maximum atomic E-state index is 10.7. The van der Waals surface area contributed by atoms with Crippen LogP contribution < -0.4 is 20.5 Å². The molecule has 0 atom stereocenters. The van der Waals surface area contributed by atoms with Gasteiger partial charge in [-0.15, -0.1) is 0 Å². The van der Waals surface area contributed by atoms with Gasteiger partial charge in [0, 0.05) is 6.07 Å². The molecule has 0 aliphatic rings. The molecule has 1 aromatic carbocycles. The molecule has 1 aromatic rings. The zero-order valence-corrected chi connectivity index (χ0v) is 10.2. The first-order chi connectivity index (χ1) is 8.17. The zero-order valence-electron chi connectivity index (χ0n) is 10.2. The molecular formula is C12H18N2O3. The summed E-state index contributed by atoms with van der Waals surface area (Å²) >= 11 is 0. The average molecular weight is 238 g/mol. The Morgan fingerprint density at radius 2 is 2.00 bits per heavy atom. The van der Waals surface area contributed by atoms with Crippen LogP contribution in [0.2, 0.25) is 0 Å². The van der Waals surface area contributed by atoms with Gasteiger partial charge in [0.15, 0.2) is 0 Å². The summed E-state index contributed by atoms with van der Waals surface area (Å²) in [6, 6.07) is 5.42. The van der Waals surface area contributed by atoms with Crippen LogP contribution in [0.5, 0.6) is 11.5 Å². The Kier molecular flexibility index (Phi) is 5.13. The Bertz CT molecular complexity index is 380. The number of hydrogen-bond donors (Lipinski definition) is 2. The minimum atomic E-state index is -0.422. The van der Waals surface area contributed by atoms with E-state index in [4.69, 9.17) is 15.2 Å². The highest BCUT2D eigenvalue weighted by Gasteiger charge is 2.06. The summed E-state index contributed by atoms with van der Waals surface area (Å²) in [5.74, 6) is 0.981. The molecule has 0 spiro atoms. The van der Waals surface area contributed by atoms with Gasteiger partial charge in [0.1, 0.15) is 11.5 Å². The zero-order chi connectivity index (χ0) is 12.7. The first kappa shape index (κ1) is 13.2. The highest BCUT2D eigenvalue weighted by molar-refractivity contribution is 5.79. The lowest BCUT2D eigenvalue weighted by Gasteiger charge is -2.13. The maximum absolute atomic E-state index is 10.7. The van der Waals surface area contributed by atoms with Crippen LogP contribution >= 0.6 is 0 Å². The molecule has 1 amide bonds. The number of ether oxygens (including phenoxy) is 2. The van der Waals surface area contributed by atoms with Crippen LogP contribution in [-0.4, -0.2) is 25.7 Å². The van der Waals surface area contributed by atoms with Gasteiger partial charge in [0.25, 0.3) is 0 Å². The number of carbonyl (C=O) groups excluding carboxylic acids is 1. The number of primary amides is 1. The lowest BCUT2D eigenvalue weighted by Crippen LogP contribution is -2.22. The first-order valence-corrected chi connectivity index (χ1v) is 5.59. The molecule has 0 aliphatic carbocycles. The van der Waals surface area contributed by atoms with E-state index in [1.807, 2.05) is 19.9 Å². The normalized spacial score (nSPS) is 9.76. The van der Waals surface area contributed by atoms with E-state index in [2.05, 4.69) is 5.32 Å².